The number of Topliss-reactive ketones (excluding diaryl/α,β-unsaturated/α-hetero) is 1. The molecule has 1 aromatic heterocycles. The Labute approximate surface area is 214 Å². The summed E-state index contributed by atoms with van der Waals surface area (Å²) in [6.07, 6.45) is 11.2. The number of hydrogen-bond donors (Lipinski definition) is 1. The molecule has 0 spiro atoms. The summed E-state index contributed by atoms with van der Waals surface area (Å²) in [5, 5.41) is 19.8. The topological polar surface area (TPSA) is 68.0 Å². The van der Waals surface area contributed by atoms with E-state index < -0.39 is 5.60 Å². The fourth-order valence-corrected chi connectivity index (χ4v) is 9.98. The maximum Gasteiger partial charge on any atom is 0.159 e. The van der Waals surface area contributed by atoms with Crippen LogP contribution in [0.15, 0.2) is 12.1 Å². The van der Waals surface area contributed by atoms with E-state index in [0.717, 1.165) is 50.0 Å². The second kappa shape index (κ2) is 8.34. The van der Waals surface area contributed by atoms with E-state index in [-0.39, 0.29) is 29.5 Å². The average Bonchev–Trinajstić information content (AvgIpc) is 3.38. The van der Waals surface area contributed by atoms with Gasteiger partial charge in [-0.05, 0) is 124 Å². The molecule has 36 heavy (non-hydrogen) atoms. The molecule has 1 heterocycles. The fourth-order valence-electron chi connectivity index (χ4n) is 9.98. The van der Waals surface area contributed by atoms with Gasteiger partial charge in [0.15, 0.2) is 5.78 Å². The number of rotatable bonds is 4. The highest BCUT2D eigenvalue weighted by atomic mass is 19.1. The largest absolute Gasteiger partial charge is 0.390 e. The monoisotopic (exact) mass is 495 g/mol. The van der Waals surface area contributed by atoms with Crippen LogP contribution >= 0.6 is 0 Å². The van der Waals surface area contributed by atoms with Crippen molar-refractivity contribution in [3.63, 3.8) is 0 Å². The molecule has 0 saturated heterocycles. The molecule has 196 valence electrons. The van der Waals surface area contributed by atoms with Crippen molar-refractivity contribution in [1.29, 1.82) is 0 Å². The first kappa shape index (κ1) is 24.5. The zero-order valence-corrected chi connectivity index (χ0v) is 22.4. The number of ketones is 1. The average molecular weight is 496 g/mol. The minimum atomic E-state index is -0.500. The van der Waals surface area contributed by atoms with Crippen LogP contribution in [-0.4, -0.2) is 31.5 Å². The molecular formula is C30H42FN3O2. The van der Waals surface area contributed by atoms with E-state index in [2.05, 4.69) is 24.0 Å². The standard InChI is InChI=1S/C30H42FN3O2/c1-5-30-13-12-28(3,36)16-19(30)6-7-21-22-8-9-24(29(22,4)11-10-23(21)30)26(35)17-34-32-25-15-20(31)14-18(2)27(25)33-34/h14-15,19,21-24,36H,5-13,16-17H2,1-4H3/t19-,21-,22-,23-,24+,28+,29-,30-/m0/s1. The molecule has 4 saturated carbocycles. The molecule has 0 aliphatic heterocycles. The van der Waals surface area contributed by atoms with E-state index in [1.807, 2.05) is 13.8 Å². The van der Waals surface area contributed by atoms with Gasteiger partial charge in [-0.2, -0.15) is 15.0 Å². The molecule has 0 unspecified atom stereocenters. The highest BCUT2D eigenvalue weighted by Gasteiger charge is 2.62. The number of aryl methyl sites for hydroxylation is 1. The second-order valence-electron chi connectivity index (χ2n) is 13.4. The lowest BCUT2D eigenvalue weighted by Gasteiger charge is -2.63. The van der Waals surface area contributed by atoms with Gasteiger partial charge in [0.05, 0.1) is 5.60 Å². The van der Waals surface area contributed by atoms with Gasteiger partial charge in [0.1, 0.15) is 23.4 Å². The van der Waals surface area contributed by atoms with Gasteiger partial charge < -0.3 is 5.11 Å². The Bertz CT molecular complexity index is 1190. The van der Waals surface area contributed by atoms with Crippen molar-refractivity contribution in [3.05, 3.63) is 23.5 Å². The summed E-state index contributed by atoms with van der Waals surface area (Å²) in [7, 11) is 0. The highest BCUT2D eigenvalue weighted by Crippen LogP contribution is 2.69. The predicted octanol–water partition coefficient (Wildman–Crippen LogP) is 6.25. The van der Waals surface area contributed by atoms with Gasteiger partial charge in [-0.1, -0.05) is 13.8 Å². The van der Waals surface area contributed by atoms with Gasteiger partial charge in [0.25, 0.3) is 0 Å². The summed E-state index contributed by atoms with van der Waals surface area (Å²) in [6.45, 7) is 8.83. The molecule has 2 aromatic rings. The Balaban J connectivity index is 1.22. The number of halogens is 1. The Hall–Kier alpha value is -1.82. The Morgan fingerprint density at radius 3 is 2.67 bits per heavy atom. The number of hydrogen-bond acceptors (Lipinski definition) is 4. The van der Waals surface area contributed by atoms with E-state index in [1.54, 1.807) is 0 Å². The van der Waals surface area contributed by atoms with Gasteiger partial charge >= 0.3 is 0 Å². The summed E-state index contributed by atoms with van der Waals surface area (Å²) in [6, 6.07) is 2.87. The smallest absolute Gasteiger partial charge is 0.159 e. The van der Waals surface area contributed by atoms with Gasteiger partial charge in [-0.25, -0.2) is 4.39 Å². The zero-order chi connectivity index (χ0) is 25.5. The van der Waals surface area contributed by atoms with Crippen LogP contribution < -0.4 is 0 Å². The zero-order valence-electron chi connectivity index (χ0n) is 22.4. The Morgan fingerprint density at radius 2 is 1.89 bits per heavy atom. The Morgan fingerprint density at radius 1 is 1.08 bits per heavy atom. The van der Waals surface area contributed by atoms with Crippen molar-refractivity contribution in [2.45, 2.75) is 104 Å². The van der Waals surface area contributed by atoms with Crippen LogP contribution in [0.3, 0.4) is 0 Å². The molecule has 0 bridgehead atoms. The molecule has 4 aliphatic rings. The minimum absolute atomic E-state index is 0.0504. The molecule has 0 amide bonds. The van der Waals surface area contributed by atoms with Crippen LogP contribution in [-0.2, 0) is 11.3 Å². The van der Waals surface area contributed by atoms with Gasteiger partial charge in [0, 0.05) is 12.0 Å². The molecule has 6 rings (SSSR count). The summed E-state index contributed by atoms with van der Waals surface area (Å²) >= 11 is 0. The van der Waals surface area contributed by atoms with Crippen molar-refractivity contribution in [2.75, 3.05) is 0 Å². The lowest BCUT2D eigenvalue weighted by Crippen LogP contribution is -2.56. The van der Waals surface area contributed by atoms with Crippen LogP contribution in [0.1, 0.15) is 90.5 Å². The van der Waals surface area contributed by atoms with Gasteiger partial charge in [0.2, 0.25) is 0 Å². The predicted molar refractivity (Wildman–Crippen MR) is 138 cm³/mol. The number of nitrogens with zero attached hydrogens (tertiary/aromatic N) is 3. The SMILES string of the molecule is CC[C@]12CC[C@@](C)(O)C[C@@H]1CC[C@H]1[C@@H]3CC[C@H](C(=O)Cn4nc5cc(F)cc(C)c5n4)[C@@]3(C)CC[C@@H]12. The normalized spacial score (nSPS) is 42.1. The third-order valence-electron chi connectivity index (χ3n) is 11.7. The van der Waals surface area contributed by atoms with Crippen molar-refractivity contribution in [1.82, 2.24) is 15.0 Å². The molecule has 4 fully saturated rings. The van der Waals surface area contributed by atoms with E-state index >= 15 is 0 Å². The minimum Gasteiger partial charge on any atom is -0.390 e. The number of carbonyl (C=O) groups excluding carboxylic acids is 1. The number of benzene rings is 1. The summed E-state index contributed by atoms with van der Waals surface area (Å²) < 4.78 is 13.8. The van der Waals surface area contributed by atoms with Crippen LogP contribution in [0.4, 0.5) is 4.39 Å². The van der Waals surface area contributed by atoms with Crippen LogP contribution in [0.25, 0.3) is 11.0 Å². The summed E-state index contributed by atoms with van der Waals surface area (Å²) in [4.78, 5) is 15.2. The maximum atomic E-state index is 13.8. The van der Waals surface area contributed by atoms with E-state index in [0.29, 0.717) is 34.2 Å². The number of aromatic nitrogens is 3. The highest BCUT2D eigenvalue weighted by molar-refractivity contribution is 5.83. The molecule has 6 heteroatoms. The Kier molecular flexibility index (Phi) is 5.68. The fraction of sp³-hybridized carbons (Fsp3) is 0.767. The molecule has 4 aliphatic carbocycles. The first-order valence-electron chi connectivity index (χ1n) is 14.3. The molecule has 0 radical (unpaired) electrons. The number of carbonyl (C=O) groups is 1. The first-order valence-corrected chi connectivity index (χ1v) is 14.3. The van der Waals surface area contributed by atoms with Gasteiger partial charge in [-0.3, -0.25) is 4.79 Å². The van der Waals surface area contributed by atoms with E-state index in [9.17, 15) is 14.3 Å². The molecule has 5 nitrogen and oxygen atoms in total. The lowest BCUT2D eigenvalue weighted by atomic mass is 9.42. The number of aliphatic hydroxyl groups is 1. The van der Waals surface area contributed by atoms with Crippen LogP contribution in [0, 0.1) is 53.2 Å². The number of fused-ring (bicyclic) bond motifs is 6. The van der Waals surface area contributed by atoms with Crippen molar-refractivity contribution in [2.24, 2.45) is 40.4 Å². The molecular weight excluding hydrogens is 453 g/mol. The van der Waals surface area contributed by atoms with E-state index in [1.165, 1.54) is 42.6 Å². The summed E-state index contributed by atoms with van der Waals surface area (Å²) in [5.74, 6) is 2.67. The molecule has 8 atom stereocenters. The third kappa shape index (κ3) is 3.60. The van der Waals surface area contributed by atoms with Crippen molar-refractivity contribution < 1.29 is 14.3 Å². The van der Waals surface area contributed by atoms with Crippen molar-refractivity contribution in [3.8, 4) is 0 Å². The third-order valence-corrected chi connectivity index (χ3v) is 11.7. The van der Waals surface area contributed by atoms with Crippen molar-refractivity contribution >= 4 is 16.8 Å². The second-order valence-corrected chi connectivity index (χ2v) is 13.4. The molecule has 1 aromatic carbocycles. The first-order chi connectivity index (χ1) is 17.1. The summed E-state index contributed by atoms with van der Waals surface area (Å²) in [5.41, 5.74) is 1.87. The quantitative estimate of drug-likeness (QED) is 0.545. The van der Waals surface area contributed by atoms with E-state index in [4.69, 9.17) is 0 Å². The lowest BCUT2D eigenvalue weighted by molar-refractivity contribution is -0.158. The van der Waals surface area contributed by atoms with Gasteiger partial charge in [-0.15, -0.1) is 0 Å². The maximum absolute atomic E-state index is 13.8. The van der Waals surface area contributed by atoms with Crippen LogP contribution in [0.2, 0.25) is 0 Å². The molecule has 1 N–H and O–H groups in total. The van der Waals surface area contributed by atoms with Crippen LogP contribution in [0.5, 0.6) is 0 Å².